The minimum absolute atomic E-state index is 0.171. The highest BCUT2D eigenvalue weighted by Crippen LogP contribution is 2.34. The monoisotopic (exact) mass is 355 g/mol. The molecule has 0 spiro atoms. The molecule has 0 saturated carbocycles. The van der Waals surface area contributed by atoms with Crippen molar-refractivity contribution in [1.82, 2.24) is 13.9 Å². The Morgan fingerprint density at radius 1 is 1.39 bits per heavy atom. The van der Waals surface area contributed by atoms with Gasteiger partial charge in [-0.1, -0.05) is 6.07 Å². The summed E-state index contributed by atoms with van der Waals surface area (Å²) in [5.74, 6) is -0.339. The molecule has 1 fully saturated rings. The van der Waals surface area contributed by atoms with Gasteiger partial charge in [0.25, 0.3) is 10.0 Å². The fraction of sp³-hybridized carbons (Fsp3) is 0.429. The minimum atomic E-state index is -3.54. The molecule has 0 aliphatic carbocycles. The van der Waals surface area contributed by atoms with Gasteiger partial charge in [0.15, 0.2) is 0 Å². The molecule has 1 N–H and O–H groups in total. The number of aromatic nitrogens is 2. The topological polar surface area (TPSA) is 92.5 Å². The number of rotatable bonds is 4. The van der Waals surface area contributed by atoms with E-state index in [0.29, 0.717) is 10.0 Å². The van der Waals surface area contributed by atoms with Crippen LogP contribution in [0.25, 0.3) is 0 Å². The zero-order chi connectivity index (χ0) is 16.7. The van der Waals surface area contributed by atoms with Crippen LogP contribution in [0.5, 0.6) is 0 Å². The molecule has 3 heterocycles. The van der Waals surface area contributed by atoms with E-state index in [0.717, 1.165) is 0 Å². The molecule has 0 amide bonds. The second-order valence-electron chi connectivity index (χ2n) is 5.52. The van der Waals surface area contributed by atoms with Gasteiger partial charge < -0.3 is 9.67 Å². The molecule has 1 aliphatic heterocycles. The number of carbonyl (C=O) groups is 1. The van der Waals surface area contributed by atoms with Crippen LogP contribution in [0.4, 0.5) is 0 Å². The Morgan fingerprint density at radius 3 is 2.57 bits per heavy atom. The van der Waals surface area contributed by atoms with Gasteiger partial charge in [0.2, 0.25) is 0 Å². The maximum atomic E-state index is 12.6. The van der Waals surface area contributed by atoms with Gasteiger partial charge >= 0.3 is 5.97 Å². The van der Waals surface area contributed by atoms with Gasteiger partial charge in [-0.2, -0.15) is 4.31 Å². The van der Waals surface area contributed by atoms with E-state index < -0.39 is 21.5 Å². The van der Waals surface area contributed by atoms with Crippen LogP contribution < -0.4 is 0 Å². The molecule has 23 heavy (non-hydrogen) atoms. The number of nitrogens with zero attached hydrogens (tertiary/aromatic N) is 3. The summed E-state index contributed by atoms with van der Waals surface area (Å²) in [7, 11) is -3.54. The lowest BCUT2D eigenvalue weighted by molar-refractivity contribution is -0.150. The number of carboxylic acids is 1. The van der Waals surface area contributed by atoms with Crippen LogP contribution in [0, 0.1) is 6.92 Å². The molecule has 7 nitrogen and oxygen atoms in total. The first-order chi connectivity index (χ1) is 10.9. The smallest absolute Gasteiger partial charge is 0.330 e. The van der Waals surface area contributed by atoms with Gasteiger partial charge in [0.05, 0.1) is 0 Å². The SMILES string of the molecule is Cc1nccn1C1(C(=O)O)CCN(S(=O)(=O)c2cccs2)CC1. The number of sulfonamides is 1. The number of hydrogen-bond donors (Lipinski definition) is 1. The molecule has 0 bridgehead atoms. The van der Waals surface area contributed by atoms with E-state index >= 15 is 0 Å². The fourth-order valence-corrected chi connectivity index (χ4v) is 5.61. The molecule has 1 saturated heterocycles. The summed E-state index contributed by atoms with van der Waals surface area (Å²) in [6.45, 7) is 2.09. The quantitative estimate of drug-likeness (QED) is 0.897. The van der Waals surface area contributed by atoms with Gasteiger partial charge in [-0.05, 0) is 31.2 Å². The van der Waals surface area contributed by atoms with E-state index in [2.05, 4.69) is 4.98 Å². The first-order valence-corrected chi connectivity index (χ1v) is 9.47. The fourth-order valence-electron chi connectivity index (χ4n) is 3.02. The second kappa shape index (κ2) is 5.73. The first-order valence-electron chi connectivity index (χ1n) is 7.15. The number of aryl methyl sites for hydroxylation is 1. The molecule has 0 unspecified atom stereocenters. The van der Waals surface area contributed by atoms with Gasteiger partial charge in [0, 0.05) is 25.5 Å². The van der Waals surface area contributed by atoms with Crippen molar-refractivity contribution in [1.29, 1.82) is 0 Å². The molecule has 124 valence electrons. The van der Waals surface area contributed by atoms with Gasteiger partial charge in [0.1, 0.15) is 15.6 Å². The highest BCUT2D eigenvalue weighted by Gasteiger charge is 2.46. The van der Waals surface area contributed by atoms with Crippen molar-refractivity contribution >= 4 is 27.3 Å². The molecular formula is C14H17N3O4S2. The van der Waals surface area contributed by atoms with E-state index in [-0.39, 0.29) is 25.9 Å². The Balaban J connectivity index is 1.87. The summed E-state index contributed by atoms with van der Waals surface area (Å²) in [5.41, 5.74) is -1.14. The lowest BCUT2D eigenvalue weighted by atomic mass is 9.88. The zero-order valence-electron chi connectivity index (χ0n) is 12.5. The molecule has 1 aliphatic rings. The molecule has 2 aromatic rings. The van der Waals surface area contributed by atoms with Crippen molar-refractivity contribution in [2.45, 2.75) is 29.5 Å². The van der Waals surface area contributed by atoms with Crippen LogP contribution in [0.2, 0.25) is 0 Å². The third-order valence-electron chi connectivity index (χ3n) is 4.32. The van der Waals surface area contributed by atoms with E-state index in [1.807, 2.05) is 0 Å². The normalized spacial score (nSPS) is 18.8. The van der Waals surface area contributed by atoms with E-state index in [9.17, 15) is 18.3 Å². The second-order valence-corrected chi connectivity index (χ2v) is 8.63. The molecule has 0 radical (unpaired) electrons. The highest BCUT2D eigenvalue weighted by atomic mass is 32.2. The minimum Gasteiger partial charge on any atom is -0.479 e. The number of carboxylic acid groups (broad SMARTS) is 1. The Kier molecular flexibility index (Phi) is 4.03. The van der Waals surface area contributed by atoms with Crippen LogP contribution in [0.1, 0.15) is 18.7 Å². The van der Waals surface area contributed by atoms with Crippen molar-refractivity contribution in [3.63, 3.8) is 0 Å². The summed E-state index contributed by atoms with van der Waals surface area (Å²) in [4.78, 5) is 16.0. The van der Waals surface area contributed by atoms with E-state index in [1.54, 1.807) is 41.4 Å². The van der Waals surface area contributed by atoms with Gasteiger partial charge in [-0.3, -0.25) is 0 Å². The zero-order valence-corrected chi connectivity index (χ0v) is 14.2. The predicted octanol–water partition coefficient (Wildman–Crippen LogP) is 1.52. The average molecular weight is 355 g/mol. The Bertz CT molecular complexity index is 803. The summed E-state index contributed by atoms with van der Waals surface area (Å²) in [6, 6.07) is 3.26. The molecular weight excluding hydrogens is 338 g/mol. The average Bonchev–Trinajstić information content (AvgIpc) is 3.18. The van der Waals surface area contributed by atoms with Crippen LogP contribution in [0.3, 0.4) is 0 Å². The van der Waals surface area contributed by atoms with Gasteiger partial charge in [-0.25, -0.2) is 18.2 Å². The third-order valence-corrected chi connectivity index (χ3v) is 7.60. The standard InChI is InChI=1S/C14H17N3O4S2/c1-11-15-6-9-17(11)14(13(18)19)4-7-16(8-5-14)23(20,21)12-3-2-10-22-12/h2-3,6,9-10H,4-5,7-8H2,1H3,(H,18,19). The molecule has 0 atom stereocenters. The Morgan fingerprint density at radius 2 is 2.09 bits per heavy atom. The summed E-state index contributed by atoms with van der Waals surface area (Å²) in [6.07, 6.45) is 3.63. The van der Waals surface area contributed by atoms with Crippen molar-refractivity contribution < 1.29 is 18.3 Å². The van der Waals surface area contributed by atoms with Crippen LogP contribution in [-0.2, 0) is 20.4 Å². The van der Waals surface area contributed by atoms with Crippen molar-refractivity contribution in [3.8, 4) is 0 Å². The first kappa shape index (κ1) is 16.2. The Labute approximate surface area is 138 Å². The van der Waals surface area contributed by atoms with E-state index in [4.69, 9.17) is 0 Å². The summed E-state index contributed by atoms with van der Waals surface area (Å²) >= 11 is 1.17. The van der Waals surface area contributed by atoms with Crippen molar-refractivity contribution in [3.05, 3.63) is 35.7 Å². The number of hydrogen-bond acceptors (Lipinski definition) is 5. The van der Waals surface area contributed by atoms with Crippen molar-refractivity contribution in [2.75, 3.05) is 13.1 Å². The third kappa shape index (κ3) is 2.58. The van der Waals surface area contributed by atoms with Crippen LogP contribution >= 0.6 is 11.3 Å². The molecule has 3 rings (SSSR count). The number of thiophene rings is 1. The lowest BCUT2D eigenvalue weighted by Gasteiger charge is -2.39. The van der Waals surface area contributed by atoms with Gasteiger partial charge in [-0.15, -0.1) is 11.3 Å². The van der Waals surface area contributed by atoms with Crippen LogP contribution in [0.15, 0.2) is 34.1 Å². The summed E-state index contributed by atoms with van der Waals surface area (Å²) < 4.78 is 28.4. The molecule has 0 aromatic carbocycles. The predicted molar refractivity (Wildman–Crippen MR) is 84.9 cm³/mol. The van der Waals surface area contributed by atoms with Crippen LogP contribution in [-0.4, -0.2) is 46.4 Å². The Hall–Kier alpha value is -1.71. The molecule has 2 aromatic heterocycles. The number of imidazole rings is 1. The maximum Gasteiger partial charge on any atom is 0.330 e. The number of aliphatic carboxylic acids is 1. The van der Waals surface area contributed by atoms with Crippen molar-refractivity contribution in [2.24, 2.45) is 0 Å². The summed E-state index contributed by atoms with van der Waals surface area (Å²) in [5, 5.41) is 11.5. The maximum absolute atomic E-state index is 12.6. The highest BCUT2D eigenvalue weighted by molar-refractivity contribution is 7.91. The van der Waals surface area contributed by atoms with E-state index in [1.165, 1.54) is 15.6 Å². The lowest BCUT2D eigenvalue weighted by Crippen LogP contribution is -2.52. The number of piperidine rings is 1. The largest absolute Gasteiger partial charge is 0.479 e. The molecule has 9 heteroatoms.